The van der Waals surface area contributed by atoms with Gasteiger partial charge in [-0.05, 0) is 37.3 Å². The molecule has 158 valence electrons. The van der Waals surface area contributed by atoms with Gasteiger partial charge in [-0.3, -0.25) is 4.79 Å². The molecule has 0 aliphatic carbocycles. The van der Waals surface area contributed by atoms with Crippen molar-refractivity contribution < 1.29 is 17.6 Å². The number of carbonyl (C=O) groups is 1. The van der Waals surface area contributed by atoms with Crippen molar-refractivity contribution in [1.82, 2.24) is 9.71 Å². The molecule has 2 N–H and O–H groups in total. The molecule has 9 heteroatoms. The summed E-state index contributed by atoms with van der Waals surface area (Å²) in [5.41, 5.74) is 1.93. The molecule has 4 rings (SSSR count). The van der Waals surface area contributed by atoms with Crippen LogP contribution in [0.1, 0.15) is 21.1 Å². The van der Waals surface area contributed by atoms with Crippen LogP contribution < -0.4 is 10.0 Å². The first-order chi connectivity index (χ1) is 14.9. The standard InChI is InChI=1S/C22H19N3O4S2/c1-15-20(30-22(24-15)16-7-3-2-4-8-16)21(26)25-17-9-5-11-19(13-17)31(27,28)23-14-18-10-6-12-29-18/h2-13,23H,14H2,1H3,(H,25,26). The summed E-state index contributed by atoms with van der Waals surface area (Å²) in [5, 5.41) is 3.52. The minimum absolute atomic E-state index is 0.0360. The lowest BCUT2D eigenvalue weighted by Gasteiger charge is -2.08. The summed E-state index contributed by atoms with van der Waals surface area (Å²) in [6.45, 7) is 1.81. The van der Waals surface area contributed by atoms with Crippen molar-refractivity contribution in [2.45, 2.75) is 18.4 Å². The van der Waals surface area contributed by atoms with Crippen molar-refractivity contribution in [2.75, 3.05) is 5.32 Å². The molecule has 0 spiro atoms. The van der Waals surface area contributed by atoms with Crippen molar-refractivity contribution in [1.29, 1.82) is 0 Å². The monoisotopic (exact) mass is 453 g/mol. The zero-order valence-corrected chi connectivity index (χ0v) is 18.2. The smallest absolute Gasteiger partial charge is 0.267 e. The average molecular weight is 454 g/mol. The number of rotatable bonds is 7. The molecule has 0 fully saturated rings. The van der Waals surface area contributed by atoms with Gasteiger partial charge in [-0.15, -0.1) is 11.3 Å². The Morgan fingerprint density at radius 3 is 2.61 bits per heavy atom. The maximum Gasteiger partial charge on any atom is 0.267 e. The van der Waals surface area contributed by atoms with Gasteiger partial charge in [0.1, 0.15) is 15.6 Å². The second kappa shape index (κ2) is 8.84. The number of furan rings is 1. The molecule has 31 heavy (non-hydrogen) atoms. The van der Waals surface area contributed by atoms with E-state index in [1.807, 2.05) is 30.3 Å². The molecule has 7 nitrogen and oxygen atoms in total. The van der Waals surface area contributed by atoms with Crippen LogP contribution >= 0.6 is 11.3 Å². The van der Waals surface area contributed by atoms with Gasteiger partial charge in [-0.1, -0.05) is 36.4 Å². The molecule has 0 saturated heterocycles. The van der Waals surface area contributed by atoms with Gasteiger partial charge in [-0.2, -0.15) is 0 Å². The normalized spacial score (nSPS) is 11.4. The topological polar surface area (TPSA) is 101 Å². The van der Waals surface area contributed by atoms with Gasteiger partial charge >= 0.3 is 0 Å². The van der Waals surface area contributed by atoms with Gasteiger partial charge in [0.15, 0.2) is 0 Å². The fraction of sp³-hybridized carbons (Fsp3) is 0.0909. The van der Waals surface area contributed by atoms with Crippen molar-refractivity contribution in [3.05, 3.63) is 89.3 Å². The molecule has 0 bridgehead atoms. The predicted molar refractivity (Wildman–Crippen MR) is 119 cm³/mol. The molecule has 0 atom stereocenters. The van der Waals surface area contributed by atoms with Crippen molar-refractivity contribution >= 4 is 33.0 Å². The SMILES string of the molecule is Cc1nc(-c2ccccc2)sc1C(=O)Nc1cccc(S(=O)(=O)NCc2ccco2)c1. The van der Waals surface area contributed by atoms with E-state index in [1.54, 1.807) is 31.2 Å². The number of hydrogen-bond acceptors (Lipinski definition) is 6. The average Bonchev–Trinajstić information content (AvgIpc) is 3.43. The van der Waals surface area contributed by atoms with Crippen molar-refractivity contribution in [3.8, 4) is 10.6 Å². The van der Waals surface area contributed by atoms with E-state index in [4.69, 9.17) is 4.42 Å². The number of sulfonamides is 1. The third-order valence-electron chi connectivity index (χ3n) is 4.44. The Labute approximate surface area is 183 Å². The number of aryl methyl sites for hydroxylation is 1. The third kappa shape index (κ3) is 4.91. The number of benzene rings is 2. The first kappa shape index (κ1) is 21.0. The lowest BCUT2D eigenvalue weighted by atomic mass is 10.2. The molecular formula is C22H19N3O4S2. The van der Waals surface area contributed by atoms with Gasteiger partial charge in [0, 0.05) is 11.3 Å². The van der Waals surface area contributed by atoms with E-state index >= 15 is 0 Å². The number of nitrogens with zero attached hydrogens (tertiary/aromatic N) is 1. The van der Waals surface area contributed by atoms with Gasteiger partial charge in [0.2, 0.25) is 10.0 Å². The molecule has 2 aromatic carbocycles. The summed E-state index contributed by atoms with van der Waals surface area (Å²) in [7, 11) is -3.77. The summed E-state index contributed by atoms with van der Waals surface area (Å²) < 4.78 is 32.8. The van der Waals surface area contributed by atoms with Crippen LogP contribution in [0.3, 0.4) is 0 Å². The van der Waals surface area contributed by atoms with E-state index in [-0.39, 0.29) is 17.3 Å². The van der Waals surface area contributed by atoms with Crippen LogP contribution in [0, 0.1) is 6.92 Å². The van der Waals surface area contributed by atoms with E-state index in [0.29, 0.717) is 22.0 Å². The summed E-state index contributed by atoms with van der Waals surface area (Å²) >= 11 is 1.29. The van der Waals surface area contributed by atoms with E-state index in [1.165, 1.54) is 29.7 Å². The quantitative estimate of drug-likeness (QED) is 0.431. The fourth-order valence-corrected chi connectivity index (χ4v) is 4.91. The lowest BCUT2D eigenvalue weighted by molar-refractivity contribution is 0.102. The summed E-state index contributed by atoms with van der Waals surface area (Å²) in [5.74, 6) is 0.165. The highest BCUT2D eigenvalue weighted by Gasteiger charge is 2.18. The third-order valence-corrected chi connectivity index (χ3v) is 7.05. The minimum Gasteiger partial charge on any atom is -0.468 e. The highest BCUT2D eigenvalue weighted by atomic mass is 32.2. The number of amides is 1. The Hall–Kier alpha value is -3.27. The van der Waals surface area contributed by atoms with Crippen LogP contribution in [0.4, 0.5) is 5.69 Å². The Balaban J connectivity index is 1.50. The predicted octanol–water partition coefficient (Wildman–Crippen LogP) is 4.44. The highest BCUT2D eigenvalue weighted by Crippen LogP contribution is 2.28. The first-order valence-electron chi connectivity index (χ1n) is 9.39. The summed E-state index contributed by atoms with van der Waals surface area (Å²) in [6.07, 6.45) is 1.48. The second-order valence-corrected chi connectivity index (χ2v) is 9.45. The molecule has 4 aromatic rings. The van der Waals surface area contributed by atoms with Crippen LogP contribution in [0.25, 0.3) is 10.6 Å². The molecule has 0 aliphatic rings. The van der Waals surface area contributed by atoms with Crippen molar-refractivity contribution in [2.24, 2.45) is 0 Å². The second-order valence-electron chi connectivity index (χ2n) is 6.69. The van der Waals surface area contributed by atoms with Crippen LogP contribution in [0.5, 0.6) is 0 Å². The number of thiazole rings is 1. The zero-order valence-electron chi connectivity index (χ0n) is 16.5. The minimum atomic E-state index is -3.77. The van der Waals surface area contributed by atoms with E-state index < -0.39 is 10.0 Å². The van der Waals surface area contributed by atoms with Crippen LogP contribution in [0.2, 0.25) is 0 Å². The van der Waals surface area contributed by atoms with E-state index in [2.05, 4.69) is 15.0 Å². The Morgan fingerprint density at radius 2 is 1.87 bits per heavy atom. The van der Waals surface area contributed by atoms with Gasteiger partial charge in [-0.25, -0.2) is 18.1 Å². The fourth-order valence-electron chi connectivity index (χ4n) is 2.90. The molecule has 0 radical (unpaired) electrons. The Bertz CT molecular complexity index is 1300. The van der Waals surface area contributed by atoms with Crippen molar-refractivity contribution in [3.63, 3.8) is 0 Å². The molecule has 0 saturated carbocycles. The highest BCUT2D eigenvalue weighted by molar-refractivity contribution is 7.89. The van der Waals surface area contributed by atoms with Gasteiger partial charge in [0.05, 0.1) is 23.4 Å². The zero-order chi connectivity index (χ0) is 21.8. The number of carbonyl (C=O) groups excluding carboxylic acids is 1. The Morgan fingerprint density at radius 1 is 1.06 bits per heavy atom. The Kier molecular flexibility index (Phi) is 5.99. The molecule has 0 unspecified atom stereocenters. The summed E-state index contributed by atoms with van der Waals surface area (Å²) in [4.78, 5) is 17.8. The maximum atomic E-state index is 12.8. The van der Waals surface area contributed by atoms with Gasteiger partial charge < -0.3 is 9.73 Å². The van der Waals surface area contributed by atoms with Crippen LogP contribution in [-0.4, -0.2) is 19.3 Å². The van der Waals surface area contributed by atoms with E-state index in [9.17, 15) is 13.2 Å². The van der Waals surface area contributed by atoms with Gasteiger partial charge in [0.25, 0.3) is 5.91 Å². The molecular weight excluding hydrogens is 434 g/mol. The summed E-state index contributed by atoms with van der Waals surface area (Å²) in [6, 6.07) is 19.1. The van der Waals surface area contributed by atoms with Crippen LogP contribution in [0.15, 0.2) is 82.3 Å². The molecule has 2 heterocycles. The number of aromatic nitrogens is 1. The number of nitrogens with one attached hydrogen (secondary N) is 2. The lowest BCUT2D eigenvalue weighted by Crippen LogP contribution is -2.23. The maximum absolute atomic E-state index is 12.8. The largest absolute Gasteiger partial charge is 0.468 e. The van der Waals surface area contributed by atoms with E-state index in [0.717, 1.165) is 10.6 Å². The molecule has 2 aromatic heterocycles. The molecule has 0 aliphatic heterocycles. The number of anilines is 1. The van der Waals surface area contributed by atoms with Crippen LogP contribution in [-0.2, 0) is 16.6 Å². The first-order valence-corrected chi connectivity index (χ1v) is 11.7. The number of hydrogen-bond donors (Lipinski definition) is 2. The molecule has 1 amide bonds.